The fourth-order valence-electron chi connectivity index (χ4n) is 1.89. The van der Waals surface area contributed by atoms with Gasteiger partial charge < -0.3 is 10.5 Å². The average Bonchev–Trinajstić information content (AvgIpc) is 2.43. The Balaban J connectivity index is 2.15. The van der Waals surface area contributed by atoms with Crippen LogP contribution in [0.5, 0.6) is 11.5 Å². The lowest BCUT2D eigenvalue weighted by Gasteiger charge is -2.09. The van der Waals surface area contributed by atoms with Crippen molar-refractivity contribution < 1.29 is 4.74 Å². The van der Waals surface area contributed by atoms with Crippen LogP contribution >= 0.6 is 15.9 Å². The summed E-state index contributed by atoms with van der Waals surface area (Å²) in [4.78, 5) is 0. The molecule has 2 aromatic carbocycles. The van der Waals surface area contributed by atoms with Crippen molar-refractivity contribution in [3.05, 3.63) is 58.1 Å². The summed E-state index contributed by atoms with van der Waals surface area (Å²) < 4.78 is 6.60. The third-order valence-corrected chi connectivity index (χ3v) is 3.55. The van der Waals surface area contributed by atoms with Gasteiger partial charge in [-0.2, -0.15) is 0 Å². The van der Waals surface area contributed by atoms with Crippen LogP contribution in [-0.2, 0) is 6.42 Å². The van der Waals surface area contributed by atoms with Crippen molar-refractivity contribution in [3.63, 3.8) is 0 Å². The second-order valence-corrected chi connectivity index (χ2v) is 5.41. The molecule has 0 aromatic heterocycles. The summed E-state index contributed by atoms with van der Waals surface area (Å²) in [6.07, 6.45) is 2.22. The monoisotopic (exact) mass is 332 g/mol. The number of amidine groups is 1. The van der Waals surface area contributed by atoms with E-state index in [1.807, 2.05) is 12.1 Å². The van der Waals surface area contributed by atoms with Crippen LogP contribution in [0.15, 0.2) is 46.9 Å². The predicted molar refractivity (Wildman–Crippen MR) is 85.7 cm³/mol. The van der Waals surface area contributed by atoms with Crippen molar-refractivity contribution >= 4 is 21.8 Å². The first kappa shape index (κ1) is 14.6. The molecule has 0 bridgehead atoms. The molecule has 2 rings (SSSR count). The highest BCUT2D eigenvalue weighted by Crippen LogP contribution is 2.30. The van der Waals surface area contributed by atoms with Crippen LogP contribution in [0.3, 0.4) is 0 Å². The summed E-state index contributed by atoms with van der Waals surface area (Å²) in [5, 5.41) is 7.40. The van der Waals surface area contributed by atoms with Crippen LogP contribution in [0.4, 0.5) is 0 Å². The number of benzene rings is 2. The van der Waals surface area contributed by atoms with Gasteiger partial charge in [0.25, 0.3) is 0 Å². The Labute approximate surface area is 127 Å². The van der Waals surface area contributed by atoms with Gasteiger partial charge >= 0.3 is 0 Å². The summed E-state index contributed by atoms with van der Waals surface area (Å²) in [7, 11) is 0. The molecule has 0 aliphatic carbocycles. The Morgan fingerprint density at radius 3 is 2.45 bits per heavy atom. The van der Waals surface area contributed by atoms with E-state index in [0.717, 1.165) is 23.1 Å². The fourth-order valence-corrected chi connectivity index (χ4v) is 2.35. The smallest absolute Gasteiger partial charge is 0.141 e. The highest BCUT2D eigenvalue weighted by atomic mass is 79.9. The molecule has 0 saturated carbocycles. The molecule has 0 radical (unpaired) electrons. The van der Waals surface area contributed by atoms with Crippen molar-refractivity contribution in [2.45, 2.75) is 19.8 Å². The minimum atomic E-state index is 0.0427. The van der Waals surface area contributed by atoms with Gasteiger partial charge in [-0.25, -0.2) is 0 Å². The average molecular weight is 333 g/mol. The van der Waals surface area contributed by atoms with Crippen molar-refractivity contribution in [1.82, 2.24) is 0 Å². The van der Waals surface area contributed by atoms with Crippen LogP contribution in [0.2, 0.25) is 0 Å². The molecule has 20 heavy (non-hydrogen) atoms. The molecule has 0 aliphatic rings. The predicted octanol–water partition coefficient (Wildman–Crippen LogP) is 4.48. The molecule has 3 N–H and O–H groups in total. The Morgan fingerprint density at radius 2 is 1.90 bits per heavy atom. The van der Waals surface area contributed by atoms with Gasteiger partial charge in [0.15, 0.2) is 0 Å². The highest BCUT2D eigenvalue weighted by molar-refractivity contribution is 9.10. The molecule has 4 heteroatoms. The van der Waals surface area contributed by atoms with E-state index in [2.05, 4.69) is 35.0 Å². The van der Waals surface area contributed by atoms with Gasteiger partial charge in [0.1, 0.15) is 17.3 Å². The van der Waals surface area contributed by atoms with Crippen molar-refractivity contribution in [1.29, 1.82) is 5.41 Å². The minimum absolute atomic E-state index is 0.0427. The maximum absolute atomic E-state index is 7.40. The van der Waals surface area contributed by atoms with Crippen molar-refractivity contribution in [2.24, 2.45) is 5.73 Å². The SMILES string of the molecule is CCCc1ccc(Oc2ccc(C(=N)N)cc2Br)cc1. The molecule has 0 aliphatic heterocycles. The van der Waals surface area contributed by atoms with E-state index < -0.39 is 0 Å². The molecule has 0 spiro atoms. The zero-order valence-electron chi connectivity index (χ0n) is 11.3. The summed E-state index contributed by atoms with van der Waals surface area (Å²) >= 11 is 3.44. The lowest BCUT2D eigenvalue weighted by Crippen LogP contribution is -2.10. The Morgan fingerprint density at radius 1 is 1.20 bits per heavy atom. The zero-order valence-corrected chi connectivity index (χ0v) is 12.9. The normalized spacial score (nSPS) is 10.3. The minimum Gasteiger partial charge on any atom is -0.456 e. The largest absolute Gasteiger partial charge is 0.456 e. The first-order valence-corrected chi connectivity index (χ1v) is 7.30. The number of nitrogens with two attached hydrogens (primary N) is 1. The molecule has 0 fully saturated rings. The van der Waals surface area contributed by atoms with E-state index in [0.29, 0.717) is 11.3 Å². The van der Waals surface area contributed by atoms with E-state index in [4.69, 9.17) is 15.9 Å². The molecule has 2 aromatic rings. The van der Waals surface area contributed by atoms with Crippen LogP contribution in [0, 0.1) is 5.41 Å². The van der Waals surface area contributed by atoms with Gasteiger partial charge in [-0.1, -0.05) is 25.5 Å². The number of nitrogens with one attached hydrogen (secondary N) is 1. The molecule has 0 amide bonds. The topological polar surface area (TPSA) is 59.1 Å². The number of hydrogen-bond donors (Lipinski definition) is 2. The van der Waals surface area contributed by atoms with Crippen LogP contribution in [0.1, 0.15) is 24.5 Å². The van der Waals surface area contributed by atoms with Gasteiger partial charge in [0, 0.05) is 5.56 Å². The summed E-state index contributed by atoms with van der Waals surface area (Å²) in [6, 6.07) is 13.5. The zero-order chi connectivity index (χ0) is 14.5. The number of halogens is 1. The van der Waals surface area contributed by atoms with Crippen LogP contribution < -0.4 is 10.5 Å². The lowest BCUT2D eigenvalue weighted by molar-refractivity contribution is 0.479. The first-order chi connectivity index (χ1) is 9.60. The number of hydrogen-bond acceptors (Lipinski definition) is 2. The quantitative estimate of drug-likeness (QED) is 0.626. The molecular weight excluding hydrogens is 316 g/mol. The van der Waals surface area contributed by atoms with E-state index in [9.17, 15) is 0 Å². The molecular formula is C16H17BrN2O. The van der Waals surface area contributed by atoms with Gasteiger partial charge in [-0.3, -0.25) is 5.41 Å². The third kappa shape index (κ3) is 3.61. The van der Waals surface area contributed by atoms with E-state index in [1.54, 1.807) is 18.2 Å². The number of ether oxygens (including phenoxy) is 1. The maximum Gasteiger partial charge on any atom is 0.141 e. The van der Waals surface area contributed by atoms with E-state index in [1.165, 1.54) is 5.56 Å². The number of rotatable bonds is 5. The summed E-state index contributed by atoms with van der Waals surface area (Å²) in [5.74, 6) is 1.54. The molecule has 3 nitrogen and oxygen atoms in total. The van der Waals surface area contributed by atoms with Gasteiger partial charge in [0.05, 0.1) is 4.47 Å². The Bertz CT molecular complexity index is 608. The summed E-state index contributed by atoms with van der Waals surface area (Å²) in [5.41, 5.74) is 7.43. The third-order valence-electron chi connectivity index (χ3n) is 2.93. The highest BCUT2D eigenvalue weighted by Gasteiger charge is 2.06. The standard InChI is InChI=1S/C16H17BrN2O/c1-2-3-11-4-7-13(8-5-11)20-15-9-6-12(16(18)19)10-14(15)17/h4-10H,2-3H2,1H3,(H3,18,19). The molecule has 0 unspecified atom stereocenters. The van der Waals surface area contributed by atoms with Crippen molar-refractivity contribution in [2.75, 3.05) is 0 Å². The number of nitrogen functional groups attached to an aromatic ring is 1. The van der Waals surface area contributed by atoms with Gasteiger partial charge in [-0.15, -0.1) is 0 Å². The first-order valence-electron chi connectivity index (χ1n) is 6.51. The van der Waals surface area contributed by atoms with Gasteiger partial charge in [-0.05, 0) is 58.2 Å². The molecule has 104 valence electrons. The lowest BCUT2D eigenvalue weighted by atomic mass is 10.1. The van der Waals surface area contributed by atoms with Crippen LogP contribution in [-0.4, -0.2) is 5.84 Å². The number of aryl methyl sites for hydroxylation is 1. The Kier molecular flexibility index (Phi) is 4.79. The summed E-state index contributed by atoms with van der Waals surface area (Å²) in [6.45, 7) is 2.16. The molecule has 0 heterocycles. The Hall–Kier alpha value is -1.81. The van der Waals surface area contributed by atoms with Crippen molar-refractivity contribution in [3.8, 4) is 11.5 Å². The molecule has 0 saturated heterocycles. The fraction of sp³-hybridized carbons (Fsp3) is 0.188. The van der Waals surface area contributed by atoms with Gasteiger partial charge in [0.2, 0.25) is 0 Å². The van der Waals surface area contributed by atoms with Crippen LogP contribution in [0.25, 0.3) is 0 Å². The maximum atomic E-state index is 7.40. The molecule has 0 atom stereocenters. The second-order valence-electron chi connectivity index (χ2n) is 4.55. The van der Waals surface area contributed by atoms with E-state index >= 15 is 0 Å². The van der Waals surface area contributed by atoms with E-state index in [-0.39, 0.29) is 5.84 Å². The second kappa shape index (κ2) is 6.57.